The lowest BCUT2D eigenvalue weighted by molar-refractivity contribution is -0.122. The molecule has 1 aliphatic carbocycles. The van der Waals surface area contributed by atoms with Gasteiger partial charge in [-0.05, 0) is 56.9 Å². The van der Waals surface area contributed by atoms with Gasteiger partial charge in [-0.1, -0.05) is 61.2 Å². The lowest BCUT2D eigenvalue weighted by Gasteiger charge is -2.25. The van der Waals surface area contributed by atoms with Gasteiger partial charge in [-0.2, -0.15) is 0 Å². The first-order valence-electron chi connectivity index (χ1n) is 10.6. The molecule has 2 aromatic rings. The third-order valence-corrected chi connectivity index (χ3v) is 5.49. The molecule has 1 amide bonds. The Morgan fingerprint density at radius 3 is 2.11 bits per heavy atom. The summed E-state index contributed by atoms with van der Waals surface area (Å²) in [6.45, 7) is 6.14. The molecule has 0 heterocycles. The molecule has 0 unspecified atom stereocenters. The van der Waals surface area contributed by atoms with Crippen LogP contribution in [0.3, 0.4) is 0 Å². The molecule has 0 spiro atoms. The van der Waals surface area contributed by atoms with Gasteiger partial charge in [0, 0.05) is 18.4 Å². The van der Waals surface area contributed by atoms with E-state index in [9.17, 15) is 4.79 Å². The topological polar surface area (TPSA) is 38.3 Å². The fraction of sp³-hybridized carbons (Fsp3) is 0.480. The molecule has 2 aromatic carbocycles. The third kappa shape index (κ3) is 5.85. The van der Waals surface area contributed by atoms with Gasteiger partial charge in [-0.25, -0.2) is 0 Å². The smallest absolute Gasteiger partial charge is 0.221 e. The Kier molecular flexibility index (Phi) is 7.13. The van der Waals surface area contributed by atoms with Gasteiger partial charge in [-0.15, -0.1) is 0 Å². The summed E-state index contributed by atoms with van der Waals surface area (Å²) in [4.78, 5) is 12.8. The van der Waals surface area contributed by atoms with Gasteiger partial charge in [0.15, 0.2) is 0 Å². The standard InChI is InChI=1S/C25H33NO2/c1-18(2)28-23-15-13-21(14-16-23)24(20-11-9-19(3)10-12-20)17-25(27)26-22-7-5-4-6-8-22/h9-16,18,22,24H,4-8,17H2,1-3H3,(H,26,27)/t24-/m1/s1. The van der Waals surface area contributed by atoms with Gasteiger partial charge in [0.2, 0.25) is 5.91 Å². The maximum Gasteiger partial charge on any atom is 0.221 e. The van der Waals surface area contributed by atoms with E-state index in [1.54, 1.807) is 0 Å². The van der Waals surface area contributed by atoms with Crippen molar-refractivity contribution in [1.29, 1.82) is 0 Å². The summed E-state index contributed by atoms with van der Waals surface area (Å²) in [7, 11) is 0. The average molecular weight is 380 g/mol. The van der Waals surface area contributed by atoms with Crippen molar-refractivity contribution in [3.8, 4) is 5.75 Å². The fourth-order valence-corrected chi connectivity index (χ4v) is 4.00. The number of hydrogen-bond donors (Lipinski definition) is 1. The summed E-state index contributed by atoms with van der Waals surface area (Å²) in [5.74, 6) is 1.07. The molecule has 1 atom stereocenters. The third-order valence-electron chi connectivity index (χ3n) is 5.49. The van der Waals surface area contributed by atoms with Crippen LogP contribution in [0.15, 0.2) is 48.5 Å². The van der Waals surface area contributed by atoms with E-state index in [2.05, 4.69) is 48.6 Å². The Bertz CT molecular complexity index is 743. The van der Waals surface area contributed by atoms with Gasteiger partial charge in [-0.3, -0.25) is 4.79 Å². The number of amides is 1. The SMILES string of the molecule is Cc1ccc([C@@H](CC(=O)NC2CCCCC2)c2ccc(OC(C)C)cc2)cc1. The van der Waals surface area contributed by atoms with Gasteiger partial charge in [0.1, 0.15) is 5.75 Å². The molecule has 1 fully saturated rings. The molecular formula is C25H33NO2. The highest BCUT2D eigenvalue weighted by Gasteiger charge is 2.21. The summed E-state index contributed by atoms with van der Waals surface area (Å²) >= 11 is 0. The molecule has 150 valence electrons. The molecule has 3 heteroatoms. The number of nitrogens with one attached hydrogen (secondary N) is 1. The quantitative estimate of drug-likeness (QED) is 0.665. The van der Waals surface area contributed by atoms with Crippen LogP contribution in [0.25, 0.3) is 0 Å². The normalized spacial score (nSPS) is 16.0. The van der Waals surface area contributed by atoms with Crippen LogP contribution in [0.5, 0.6) is 5.75 Å². The highest BCUT2D eigenvalue weighted by Crippen LogP contribution is 2.30. The lowest BCUT2D eigenvalue weighted by Crippen LogP contribution is -2.36. The van der Waals surface area contributed by atoms with E-state index in [4.69, 9.17) is 4.74 Å². The summed E-state index contributed by atoms with van der Waals surface area (Å²) in [5.41, 5.74) is 3.57. The van der Waals surface area contributed by atoms with E-state index >= 15 is 0 Å². The second-order valence-corrected chi connectivity index (χ2v) is 8.31. The average Bonchev–Trinajstić information content (AvgIpc) is 2.68. The molecule has 0 aliphatic heterocycles. The summed E-state index contributed by atoms with van der Waals surface area (Å²) in [6.07, 6.45) is 6.60. The Labute approximate surface area is 169 Å². The van der Waals surface area contributed by atoms with Crippen LogP contribution in [0.1, 0.15) is 75.0 Å². The molecular weight excluding hydrogens is 346 g/mol. The molecule has 3 rings (SSSR count). The fourth-order valence-electron chi connectivity index (χ4n) is 4.00. The first kappa shape index (κ1) is 20.4. The zero-order chi connectivity index (χ0) is 19.9. The number of rotatable bonds is 7. The monoisotopic (exact) mass is 379 g/mol. The predicted octanol–water partition coefficient (Wildman–Crippen LogP) is 5.75. The Balaban J connectivity index is 1.76. The van der Waals surface area contributed by atoms with Gasteiger partial charge >= 0.3 is 0 Å². The van der Waals surface area contributed by atoms with E-state index in [1.807, 2.05) is 26.0 Å². The first-order chi connectivity index (χ1) is 13.5. The largest absolute Gasteiger partial charge is 0.491 e. The summed E-state index contributed by atoms with van der Waals surface area (Å²) in [6, 6.07) is 17.1. The number of carbonyl (C=O) groups is 1. The van der Waals surface area contributed by atoms with Crippen LogP contribution in [-0.2, 0) is 4.79 Å². The maximum absolute atomic E-state index is 12.8. The minimum Gasteiger partial charge on any atom is -0.491 e. The Hall–Kier alpha value is -2.29. The van der Waals surface area contributed by atoms with Crippen LogP contribution in [0.4, 0.5) is 0 Å². The van der Waals surface area contributed by atoms with Crippen LogP contribution in [-0.4, -0.2) is 18.1 Å². The molecule has 0 saturated heterocycles. The molecule has 1 saturated carbocycles. The first-order valence-corrected chi connectivity index (χ1v) is 10.6. The number of hydrogen-bond acceptors (Lipinski definition) is 2. The van der Waals surface area contributed by atoms with Crippen molar-refractivity contribution in [3.05, 3.63) is 65.2 Å². The molecule has 1 N–H and O–H groups in total. The van der Waals surface area contributed by atoms with E-state index in [-0.39, 0.29) is 17.9 Å². The number of aryl methyl sites for hydroxylation is 1. The molecule has 3 nitrogen and oxygen atoms in total. The zero-order valence-electron chi connectivity index (χ0n) is 17.4. The lowest BCUT2D eigenvalue weighted by atomic mass is 9.87. The van der Waals surface area contributed by atoms with E-state index in [0.29, 0.717) is 12.5 Å². The Morgan fingerprint density at radius 1 is 0.964 bits per heavy atom. The maximum atomic E-state index is 12.8. The van der Waals surface area contributed by atoms with Crippen molar-refractivity contribution >= 4 is 5.91 Å². The van der Waals surface area contributed by atoms with E-state index in [0.717, 1.165) is 24.2 Å². The van der Waals surface area contributed by atoms with E-state index in [1.165, 1.54) is 30.4 Å². The number of carbonyl (C=O) groups excluding carboxylic acids is 1. The second kappa shape index (κ2) is 9.77. The van der Waals surface area contributed by atoms with Crippen molar-refractivity contribution < 1.29 is 9.53 Å². The highest BCUT2D eigenvalue weighted by atomic mass is 16.5. The van der Waals surface area contributed by atoms with Crippen molar-refractivity contribution in [2.24, 2.45) is 0 Å². The van der Waals surface area contributed by atoms with Gasteiger partial charge in [0.05, 0.1) is 6.10 Å². The number of ether oxygens (including phenoxy) is 1. The molecule has 0 aromatic heterocycles. The summed E-state index contributed by atoms with van der Waals surface area (Å²) < 4.78 is 5.77. The molecule has 1 aliphatic rings. The second-order valence-electron chi connectivity index (χ2n) is 8.31. The Morgan fingerprint density at radius 2 is 1.54 bits per heavy atom. The predicted molar refractivity (Wildman–Crippen MR) is 115 cm³/mol. The van der Waals surface area contributed by atoms with Gasteiger partial charge < -0.3 is 10.1 Å². The minimum atomic E-state index is 0.0530. The molecule has 0 bridgehead atoms. The van der Waals surface area contributed by atoms with Crippen molar-refractivity contribution in [1.82, 2.24) is 5.32 Å². The van der Waals surface area contributed by atoms with Crippen LogP contribution in [0, 0.1) is 6.92 Å². The molecule has 28 heavy (non-hydrogen) atoms. The molecule has 0 radical (unpaired) electrons. The van der Waals surface area contributed by atoms with Gasteiger partial charge in [0.25, 0.3) is 0 Å². The van der Waals surface area contributed by atoms with E-state index < -0.39 is 0 Å². The van der Waals surface area contributed by atoms with Crippen LogP contribution < -0.4 is 10.1 Å². The number of benzene rings is 2. The highest BCUT2D eigenvalue weighted by molar-refractivity contribution is 5.78. The van der Waals surface area contributed by atoms with Crippen molar-refractivity contribution in [2.75, 3.05) is 0 Å². The van der Waals surface area contributed by atoms with Crippen molar-refractivity contribution in [3.63, 3.8) is 0 Å². The summed E-state index contributed by atoms with van der Waals surface area (Å²) in [5, 5.41) is 3.27. The van der Waals surface area contributed by atoms with Crippen LogP contribution >= 0.6 is 0 Å². The van der Waals surface area contributed by atoms with Crippen LogP contribution in [0.2, 0.25) is 0 Å². The zero-order valence-corrected chi connectivity index (χ0v) is 17.4. The minimum absolute atomic E-state index is 0.0530. The van der Waals surface area contributed by atoms with Crippen molar-refractivity contribution in [2.45, 2.75) is 77.4 Å².